The summed E-state index contributed by atoms with van der Waals surface area (Å²) in [5.41, 5.74) is 12.6. The van der Waals surface area contributed by atoms with E-state index in [2.05, 4.69) is 26.5 Å². The molecular weight excluding hydrogens is 364 g/mol. The van der Waals surface area contributed by atoms with Crippen LogP contribution in [0.2, 0.25) is 0 Å². The third-order valence-electron chi connectivity index (χ3n) is 4.81. The molecule has 0 saturated carbocycles. The molecule has 27 heavy (non-hydrogen) atoms. The van der Waals surface area contributed by atoms with Gasteiger partial charge >= 0.3 is 0 Å². The van der Waals surface area contributed by atoms with Gasteiger partial charge in [-0.2, -0.15) is 0 Å². The van der Waals surface area contributed by atoms with Crippen LogP contribution in [0.4, 0.5) is 15.8 Å². The highest BCUT2D eigenvalue weighted by Gasteiger charge is 2.37. The second kappa shape index (κ2) is 8.03. The fourth-order valence-corrected chi connectivity index (χ4v) is 4.32. The molecule has 0 bridgehead atoms. The molecule has 1 aliphatic rings. The predicted octanol–water partition coefficient (Wildman–Crippen LogP) is 2.06. The Kier molecular flexibility index (Phi) is 5.73. The fourth-order valence-electron chi connectivity index (χ4n) is 3.43. The van der Waals surface area contributed by atoms with Crippen molar-refractivity contribution >= 4 is 39.0 Å². The number of primary amides is 1. The summed E-state index contributed by atoms with van der Waals surface area (Å²) in [5.74, 6) is -0.981. The van der Waals surface area contributed by atoms with Crippen molar-refractivity contribution in [3.8, 4) is 0 Å². The zero-order valence-corrected chi connectivity index (χ0v) is 16.3. The van der Waals surface area contributed by atoms with Crippen molar-refractivity contribution in [2.75, 3.05) is 10.6 Å². The van der Waals surface area contributed by atoms with Crippen molar-refractivity contribution in [2.45, 2.75) is 32.9 Å². The Morgan fingerprint density at radius 1 is 1.19 bits per heavy atom. The molecule has 2 aromatic rings. The number of nitrogens with one attached hydrogen (secondary N) is 4. The van der Waals surface area contributed by atoms with Crippen LogP contribution in [-0.4, -0.2) is 28.9 Å². The number of thiazole rings is 1. The van der Waals surface area contributed by atoms with Crippen molar-refractivity contribution in [1.29, 1.82) is 0 Å². The molecule has 1 aromatic carbocycles. The molecule has 1 fully saturated rings. The quantitative estimate of drug-likeness (QED) is 0.516. The SMILES string of the molecule is CC1NNC(C)C1C(C)C(=O)Nc1sc(Nc2ccccc2)nc1C(N)=O. The van der Waals surface area contributed by atoms with Gasteiger partial charge in [0, 0.05) is 29.6 Å². The van der Waals surface area contributed by atoms with Crippen LogP contribution in [0, 0.1) is 11.8 Å². The Morgan fingerprint density at radius 3 is 2.41 bits per heavy atom. The van der Waals surface area contributed by atoms with Crippen LogP contribution in [-0.2, 0) is 4.79 Å². The molecule has 0 spiro atoms. The minimum absolute atomic E-state index is 0.0581. The van der Waals surface area contributed by atoms with Crippen LogP contribution >= 0.6 is 11.3 Å². The van der Waals surface area contributed by atoms with E-state index in [9.17, 15) is 9.59 Å². The zero-order chi connectivity index (χ0) is 19.6. The van der Waals surface area contributed by atoms with Gasteiger partial charge in [0.2, 0.25) is 5.91 Å². The first-order valence-corrected chi connectivity index (χ1v) is 9.63. The highest BCUT2D eigenvalue weighted by atomic mass is 32.1. The third-order valence-corrected chi connectivity index (χ3v) is 5.69. The highest BCUT2D eigenvalue weighted by Crippen LogP contribution is 2.32. The molecule has 3 atom stereocenters. The van der Waals surface area contributed by atoms with Crippen molar-refractivity contribution < 1.29 is 9.59 Å². The van der Waals surface area contributed by atoms with Crippen molar-refractivity contribution in [1.82, 2.24) is 15.8 Å². The third kappa shape index (κ3) is 4.26. The molecule has 2 heterocycles. The monoisotopic (exact) mass is 388 g/mol. The summed E-state index contributed by atoms with van der Waals surface area (Å²) in [4.78, 5) is 28.8. The van der Waals surface area contributed by atoms with E-state index in [0.29, 0.717) is 10.1 Å². The van der Waals surface area contributed by atoms with Gasteiger partial charge < -0.3 is 16.4 Å². The first-order valence-electron chi connectivity index (χ1n) is 8.81. The topological polar surface area (TPSA) is 121 Å². The predicted molar refractivity (Wildman–Crippen MR) is 107 cm³/mol. The summed E-state index contributed by atoms with van der Waals surface area (Å²) in [6.45, 7) is 5.96. The van der Waals surface area contributed by atoms with Crippen LogP contribution in [0.15, 0.2) is 30.3 Å². The number of nitrogens with two attached hydrogens (primary N) is 1. The molecule has 1 aromatic heterocycles. The van der Waals surface area contributed by atoms with Gasteiger partial charge in [-0.3, -0.25) is 20.4 Å². The van der Waals surface area contributed by atoms with E-state index in [-0.39, 0.29) is 35.5 Å². The van der Waals surface area contributed by atoms with Crippen LogP contribution in [0.25, 0.3) is 0 Å². The van der Waals surface area contributed by atoms with E-state index >= 15 is 0 Å². The molecular formula is C18H24N6O2S. The Bertz CT molecular complexity index is 815. The van der Waals surface area contributed by atoms with Gasteiger partial charge in [-0.25, -0.2) is 4.98 Å². The maximum Gasteiger partial charge on any atom is 0.270 e. The van der Waals surface area contributed by atoms with Crippen LogP contribution in [0.1, 0.15) is 31.3 Å². The normalized spacial score (nSPS) is 23.0. The number of anilines is 3. The molecule has 0 radical (unpaired) electrons. The van der Waals surface area contributed by atoms with E-state index in [1.54, 1.807) is 0 Å². The number of carbonyl (C=O) groups excluding carboxylic acids is 2. The minimum atomic E-state index is -0.679. The molecule has 9 heteroatoms. The molecule has 2 amide bonds. The molecule has 3 unspecified atom stereocenters. The lowest BCUT2D eigenvalue weighted by Crippen LogP contribution is -2.36. The molecule has 8 nitrogen and oxygen atoms in total. The number of nitrogens with zero attached hydrogens (tertiary/aromatic N) is 1. The average molecular weight is 388 g/mol. The number of hydrogen-bond donors (Lipinski definition) is 5. The van der Waals surface area contributed by atoms with Gasteiger partial charge in [0.05, 0.1) is 0 Å². The Labute approximate surface area is 161 Å². The smallest absolute Gasteiger partial charge is 0.270 e. The van der Waals surface area contributed by atoms with Crippen molar-refractivity contribution in [3.63, 3.8) is 0 Å². The van der Waals surface area contributed by atoms with Crippen LogP contribution in [0.5, 0.6) is 0 Å². The number of aromatic nitrogens is 1. The minimum Gasteiger partial charge on any atom is -0.364 e. The summed E-state index contributed by atoms with van der Waals surface area (Å²) >= 11 is 1.19. The number of hydrazine groups is 1. The Balaban J connectivity index is 1.77. The van der Waals surface area contributed by atoms with E-state index in [4.69, 9.17) is 5.73 Å². The molecule has 6 N–H and O–H groups in total. The first-order chi connectivity index (χ1) is 12.9. The van der Waals surface area contributed by atoms with Crippen molar-refractivity contribution in [2.24, 2.45) is 17.6 Å². The molecule has 0 aliphatic carbocycles. The number of benzene rings is 1. The van der Waals surface area contributed by atoms with Gasteiger partial charge in [-0.15, -0.1) is 0 Å². The van der Waals surface area contributed by atoms with Gasteiger partial charge in [0.25, 0.3) is 5.91 Å². The molecule has 1 aliphatic heterocycles. The standard InChI is InChI=1S/C18H24N6O2S/c1-9(13-10(2)23-24-11(13)3)16(26)22-17-14(15(19)25)21-18(27-17)20-12-7-5-4-6-8-12/h4-11,13,23-24H,1-3H3,(H2,19,25)(H,20,21)(H,22,26). The largest absolute Gasteiger partial charge is 0.364 e. The number of para-hydroxylation sites is 1. The highest BCUT2D eigenvalue weighted by molar-refractivity contribution is 7.20. The summed E-state index contributed by atoms with van der Waals surface area (Å²) in [7, 11) is 0. The molecule has 1 saturated heterocycles. The Morgan fingerprint density at radius 2 is 1.81 bits per heavy atom. The maximum absolute atomic E-state index is 12.8. The van der Waals surface area contributed by atoms with Gasteiger partial charge in [0.15, 0.2) is 10.8 Å². The summed E-state index contributed by atoms with van der Waals surface area (Å²) in [6, 6.07) is 9.77. The number of rotatable bonds is 6. The second-order valence-corrected chi connectivity index (χ2v) is 7.77. The zero-order valence-electron chi connectivity index (χ0n) is 15.4. The lowest BCUT2D eigenvalue weighted by Gasteiger charge is -2.24. The van der Waals surface area contributed by atoms with Gasteiger partial charge in [-0.05, 0) is 26.0 Å². The fraction of sp³-hybridized carbons (Fsp3) is 0.389. The lowest BCUT2D eigenvalue weighted by atomic mass is 9.84. The summed E-state index contributed by atoms with van der Waals surface area (Å²) in [6.07, 6.45) is 0. The van der Waals surface area contributed by atoms with Crippen LogP contribution < -0.4 is 27.2 Å². The van der Waals surface area contributed by atoms with Crippen LogP contribution in [0.3, 0.4) is 0 Å². The second-order valence-electron chi connectivity index (χ2n) is 6.77. The first kappa shape index (κ1) is 19.3. The Hall–Kier alpha value is -2.49. The number of hydrogen-bond acceptors (Lipinski definition) is 7. The maximum atomic E-state index is 12.8. The molecule has 144 valence electrons. The van der Waals surface area contributed by atoms with E-state index in [1.807, 2.05) is 51.1 Å². The molecule has 3 rings (SSSR count). The van der Waals surface area contributed by atoms with Gasteiger partial charge in [0.1, 0.15) is 5.00 Å². The van der Waals surface area contributed by atoms with Crippen molar-refractivity contribution in [3.05, 3.63) is 36.0 Å². The number of amides is 2. The van der Waals surface area contributed by atoms with E-state index in [1.165, 1.54) is 11.3 Å². The van der Waals surface area contributed by atoms with E-state index < -0.39 is 5.91 Å². The summed E-state index contributed by atoms with van der Waals surface area (Å²) < 4.78 is 0. The summed E-state index contributed by atoms with van der Waals surface area (Å²) in [5, 5.41) is 6.80. The number of carbonyl (C=O) groups is 2. The van der Waals surface area contributed by atoms with Gasteiger partial charge in [-0.1, -0.05) is 36.5 Å². The lowest BCUT2D eigenvalue weighted by molar-refractivity contribution is -0.121. The average Bonchev–Trinajstić information content (AvgIpc) is 3.18. The van der Waals surface area contributed by atoms with E-state index in [0.717, 1.165) is 5.69 Å².